The molecule has 1 heterocycles. The molecule has 0 aromatic carbocycles. The van der Waals surface area contributed by atoms with Crippen molar-refractivity contribution in [2.45, 2.75) is 58.1 Å². The van der Waals surface area contributed by atoms with Gasteiger partial charge in [0.25, 0.3) is 0 Å². The first-order valence-electron chi connectivity index (χ1n) is 7.08. The van der Waals surface area contributed by atoms with Gasteiger partial charge >= 0.3 is 0 Å². The molecule has 1 rings (SSSR count). The summed E-state index contributed by atoms with van der Waals surface area (Å²) in [6.07, 6.45) is 5.03. The molecule has 17 heavy (non-hydrogen) atoms. The first kappa shape index (κ1) is 14.9. The summed E-state index contributed by atoms with van der Waals surface area (Å²) in [4.78, 5) is 2.48. The molecular weight excluding hydrogens is 212 g/mol. The average Bonchev–Trinajstić information content (AvgIpc) is 2.35. The highest BCUT2D eigenvalue weighted by molar-refractivity contribution is 4.95. The van der Waals surface area contributed by atoms with Crippen molar-refractivity contribution in [3.05, 3.63) is 0 Å². The van der Waals surface area contributed by atoms with E-state index in [4.69, 9.17) is 10.5 Å². The summed E-state index contributed by atoms with van der Waals surface area (Å²) in [5.74, 6) is 0.584. The van der Waals surface area contributed by atoms with Crippen molar-refractivity contribution in [2.75, 3.05) is 26.7 Å². The van der Waals surface area contributed by atoms with Crippen LogP contribution in [0.4, 0.5) is 0 Å². The Hall–Kier alpha value is -0.120. The molecule has 1 saturated heterocycles. The topological polar surface area (TPSA) is 38.5 Å². The van der Waals surface area contributed by atoms with E-state index in [2.05, 4.69) is 32.7 Å². The van der Waals surface area contributed by atoms with Gasteiger partial charge < -0.3 is 10.5 Å². The molecule has 1 fully saturated rings. The Bertz CT molecular complexity index is 220. The largest absolute Gasteiger partial charge is 0.378 e. The zero-order valence-corrected chi connectivity index (χ0v) is 12.0. The van der Waals surface area contributed by atoms with Crippen LogP contribution in [0.2, 0.25) is 0 Å². The minimum absolute atomic E-state index is 0.169. The fourth-order valence-electron chi connectivity index (χ4n) is 2.68. The van der Waals surface area contributed by atoms with Gasteiger partial charge in [-0.2, -0.15) is 0 Å². The number of likely N-dealkylation sites (N-methyl/N-ethyl adjacent to an activating group) is 1. The molecule has 2 unspecified atom stereocenters. The summed E-state index contributed by atoms with van der Waals surface area (Å²) < 4.78 is 5.87. The van der Waals surface area contributed by atoms with Crippen LogP contribution < -0.4 is 5.73 Å². The molecule has 0 bridgehead atoms. The lowest BCUT2D eigenvalue weighted by Gasteiger charge is -2.47. The van der Waals surface area contributed by atoms with Crippen LogP contribution in [0.1, 0.15) is 46.5 Å². The van der Waals surface area contributed by atoms with E-state index < -0.39 is 0 Å². The van der Waals surface area contributed by atoms with E-state index in [-0.39, 0.29) is 5.54 Å². The first-order chi connectivity index (χ1) is 8.05. The summed E-state index contributed by atoms with van der Waals surface area (Å²) in [5, 5.41) is 0. The Labute approximate surface area is 107 Å². The normalized spacial score (nSPS) is 30.2. The molecule has 0 radical (unpaired) electrons. The minimum atomic E-state index is 0.169. The monoisotopic (exact) mass is 242 g/mol. The number of unbranched alkanes of at least 4 members (excludes halogenated alkanes) is 1. The van der Waals surface area contributed by atoms with Crippen LogP contribution in [-0.2, 0) is 4.74 Å². The van der Waals surface area contributed by atoms with E-state index in [0.29, 0.717) is 12.0 Å². The van der Waals surface area contributed by atoms with Crippen LogP contribution in [0.5, 0.6) is 0 Å². The second-order valence-corrected chi connectivity index (χ2v) is 5.81. The minimum Gasteiger partial charge on any atom is -0.378 e. The van der Waals surface area contributed by atoms with Crippen LogP contribution >= 0.6 is 0 Å². The smallest absolute Gasteiger partial charge is 0.0616 e. The maximum Gasteiger partial charge on any atom is 0.0616 e. The van der Waals surface area contributed by atoms with Gasteiger partial charge in [0, 0.05) is 18.7 Å². The number of ether oxygens (including phenoxy) is 1. The van der Waals surface area contributed by atoms with Crippen LogP contribution in [0.15, 0.2) is 0 Å². The second kappa shape index (κ2) is 6.72. The molecule has 0 spiro atoms. The van der Waals surface area contributed by atoms with Crippen LogP contribution in [-0.4, -0.2) is 43.3 Å². The van der Waals surface area contributed by atoms with Crippen LogP contribution in [0.25, 0.3) is 0 Å². The quantitative estimate of drug-likeness (QED) is 0.776. The zero-order valence-electron chi connectivity index (χ0n) is 12.0. The Morgan fingerprint density at radius 2 is 2.18 bits per heavy atom. The Morgan fingerprint density at radius 1 is 1.47 bits per heavy atom. The van der Waals surface area contributed by atoms with E-state index in [1.807, 2.05) is 0 Å². The number of rotatable bonds is 6. The van der Waals surface area contributed by atoms with E-state index in [9.17, 15) is 0 Å². The predicted octanol–water partition coefficient (Wildman–Crippen LogP) is 2.25. The van der Waals surface area contributed by atoms with Crippen molar-refractivity contribution in [3.63, 3.8) is 0 Å². The van der Waals surface area contributed by atoms with Gasteiger partial charge in [0.15, 0.2) is 0 Å². The number of nitrogens with zero attached hydrogens (tertiary/aromatic N) is 1. The van der Waals surface area contributed by atoms with Gasteiger partial charge in [-0.1, -0.05) is 27.2 Å². The number of hydrogen-bond donors (Lipinski definition) is 1. The molecule has 3 heteroatoms. The lowest BCUT2D eigenvalue weighted by molar-refractivity contribution is -0.0815. The Morgan fingerprint density at radius 3 is 2.71 bits per heavy atom. The fraction of sp³-hybridized carbons (Fsp3) is 1.00. The molecule has 0 aromatic rings. The van der Waals surface area contributed by atoms with Crippen molar-refractivity contribution in [3.8, 4) is 0 Å². The molecule has 0 aliphatic carbocycles. The number of nitrogens with two attached hydrogens (primary N) is 1. The van der Waals surface area contributed by atoms with Gasteiger partial charge in [-0.25, -0.2) is 0 Å². The highest BCUT2D eigenvalue weighted by Gasteiger charge is 2.39. The second-order valence-electron chi connectivity index (χ2n) is 5.81. The molecular formula is C14H30N2O. The third kappa shape index (κ3) is 3.67. The van der Waals surface area contributed by atoms with Crippen LogP contribution in [0.3, 0.4) is 0 Å². The lowest BCUT2D eigenvalue weighted by Crippen LogP contribution is -2.58. The lowest BCUT2D eigenvalue weighted by atomic mass is 9.82. The summed E-state index contributed by atoms with van der Waals surface area (Å²) >= 11 is 0. The maximum atomic E-state index is 6.08. The molecule has 1 aliphatic heterocycles. The van der Waals surface area contributed by atoms with E-state index in [0.717, 1.165) is 32.5 Å². The molecule has 2 N–H and O–H groups in total. The Balaban J connectivity index is 2.65. The summed E-state index contributed by atoms with van der Waals surface area (Å²) in [6, 6.07) is 0. The first-order valence-corrected chi connectivity index (χ1v) is 7.08. The third-order valence-corrected chi connectivity index (χ3v) is 4.26. The molecule has 3 nitrogen and oxygen atoms in total. The molecule has 1 aliphatic rings. The standard InChI is InChI=1S/C14H30N2O/c1-5-6-8-16(4)14(11-15)7-9-17-13(10-14)12(2)3/h12-13H,5-11,15H2,1-4H3. The van der Waals surface area contributed by atoms with Crippen LogP contribution in [0, 0.1) is 5.92 Å². The maximum absolute atomic E-state index is 6.08. The molecule has 102 valence electrons. The predicted molar refractivity (Wildman–Crippen MR) is 73.1 cm³/mol. The molecule has 2 atom stereocenters. The van der Waals surface area contributed by atoms with Crippen molar-refractivity contribution in [1.29, 1.82) is 0 Å². The van der Waals surface area contributed by atoms with Crippen molar-refractivity contribution in [1.82, 2.24) is 4.90 Å². The van der Waals surface area contributed by atoms with Gasteiger partial charge in [0.2, 0.25) is 0 Å². The molecule has 0 saturated carbocycles. The van der Waals surface area contributed by atoms with E-state index in [1.54, 1.807) is 0 Å². The van der Waals surface area contributed by atoms with Gasteiger partial charge in [-0.05, 0) is 38.8 Å². The van der Waals surface area contributed by atoms with Gasteiger partial charge in [0.05, 0.1) is 6.10 Å². The summed E-state index contributed by atoms with van der Waals surface area (Å²) in [5.41, 5.74) is 6.25. The molecule has 0 aromatic heterocycles. The van der Waals surface area contributed by atoms with Crippen molar-refractivity contribution in [2.24, 2.45) is 11.7 Å². The summed E-state index contributed by atoms with van der Waals surface area (Å²) in [7, 11) is 2.23. The zero-order chi connectivity index (χ0) is 12.9. The van der Waals surface area contributed by atoms with Gasteiger partial charge in [-0.3, -0.25) is 4.90 Å². The number of hydrogen-bond acceptors (Lipinski definition) is 3. The van der Waals surface area contributed by atoms with Crippen molar-refractivity contribution < 1.29 is 4.74 Å². The highest BCUT2D eigenvalue weighted by atomic mass is 16.5. The Kier molecular flexibility index (Phi) is 5.90. The van der Waals surface area contributed by atoms with Crippen molar-refractivity contribution >= 4 is 0 Å². The van der Waals surface area contributed by atoms with E-state index >= 15 is 0 Å². The van der Waals surface area contributed by atoms with Gasteiger partial charge in [-0.15, -0.1) is 0 Å². The SMILES string of the molecule is CCCCN(C)C1(CN)CCOC(C(C)C)C1. The fourth-order valence-corrected chi connectivity index (χ4v) is 2.68. The molecule has 0 amide bonds. The highest BCUT2D eigenvalue weighted by Crippen LogP contribution is 2.32. The van der Waals surface area contributed by atoms with E-state index in [1.165, 1.54) is 12.8 Å². The van der Waals surface area contributed by atoms with Gasteiger partial charge in [0.1, 0.15) is 0 Å². The average molecular weight is 242 g/mol. The summed E-state index contributed by atoms with van der Waals surface area (Å²) in [6.45, 7) is 9.48. The third-order valence-electron chi connectivity index (χ3n) is 4.26.